The minimum atomic E-state index is 0.0634. The first kappa shape index (κ1) is 20.4. The number of unbranched alkanes of at least 4 members (excludes halogenated alkanes) is 3. The summed E-state index contributed by atoms with van der Waals surface area (Å²) in [6.45, 7) is 1.71. The van der Waals surface area contributed by atoms with Crippen LogP contribution in [0.1, 0.15) is 73.6 Å². The molecule has 0 saturated carbocycles. The molecule has 2 aliphatic rings. The molecule has 1 heterocycles. The van der Waals surface area contributed by atoms with Crippen LogP contribution in [0.4, 0.5) is 0 Å². The van der Waals surface area contributed by atoms with Crippen molar-refractivity contribution in [2.24, 2.45) is 0 Å². The fourth-order valence-electron chi connectivity index (χ4n) is 4.56. The molecule has 1 aliphatic carbocycles. The second-order valence-electron chi connectivity index (χ2n) is 8.35. The summed E-state index contributed by atoms with van der Waals surface area (Å²) in [6.07, 6.45) is 14.4. The lowest BCUT2D eigenvalue weighted by molar-refractivity contribution is -0.162. The van der Waals surface area contributed by atoms with Crippen molar-refractivity contribution in [3.63, 3.8) is 0 Å². The van der Waals surface area contributed by atoms with Gasteiger partial charge >= 0.3 is 0 Å². The zero-order valence-corrected chi connectivity index (χ0v) is 17.6. The lowest BCUT2D eigenvalue weighted by Crippen LogP contribution is -2.22. The van der Waals surface area contributed by atoms with Crippen molar-refractivity contribution in [3.05, 3.63) is 70.8 Å². The Hall–Kier alpha value is -1.90. The SMILES string of the molecule is C1=C(c2ccccc2)CCc2c1cccc2CCCCCCOC1CCCCO1. The fraction of sp³-hybridized carbons (Fsp3) is 0.481. The average molecular weight is 391 g/mol. The molecular weight excluding hydrogens is 356 g/mol. The summed E-state index contributed by atoms with van der Waals surface area (Å²) in [6, 6.07) is 17.7. The maximum absolute atomic E-state index is 5.84. The molecule has 4 rings (SSSR count). The van der Waals surface area contributed by atoms with E-state index in [-0.39, 0.29) is 6.29 Å². The summed E-state index contributed by atoms with van der Waals surface area (Å²) < 4.78 is 11.5. The molecule has 0 radical (unpaired) electrons. The van der Waals surface area contributed by atoms with E-state index < -0.39 is 0 Å². The maximum Gasteiger partial charge on any atom is 0.157 e. The number of hydrogen-bond acceptors (Lipinski definition) is 2. The molecule has 29 heavy (non-hydrogen) atoms. The van der Waals surface area contributed by atoms with Crippen LogP contribution < -0.4 is 0 Å². The van der Waals surface area contributed by atoms with E-state index >= 15 is 0 Å². The van der Waals surface area contributed by atoms with Crippen molar-refractivity contribution in [2.75, 3.05) is 13.2 Å². The number of allylic oxidation sites excluding steroid dienone is 1. The van der Waals surface area contributed by atoms with E-state index in [0.29, 0.717) is 0 Å². The Morgan fingerprint density at radius 1 is 0.862 bits per heavy atom. The smallest absolute Gasteiger partial charge is 0.157 e. The summed E-state index contributed by atoms with van der Waals surface area (Å²) in [5.74, 6) is 0. The Balaban J connectivity index is 1.22. The maximum atomic E-state index is 5.84. The molecule has 2 aromatic carbocycles. The molecule has 1 aliphatic heterocycles. The van der Waals surface area contributed by atoms with Gasteiger partial charge in [0.1, 0.15) is 0 Å². The fourth-order valence-corrected chi connectivity index (χ4v) is 4.56. The summed E-state index contributed by atoms with van der Waals surface area (Å²) in [5, 5.41) is 0. The van der Waals surface area contributed by atoms with Gasteiger partial charge in [-0.05, 0) is 79.2 Å². The zero-order valence-electron chi connectivity index (χ0n) is 17.6. The van der Waals surface area contributed by atoms with Gasteiger partial charge in [-0.15, -0.1) is 0 Å². The second-order valence-corrected chi connectivity index (χ2v) is 8.35. The largest absolute Gasteiger partial charge is 0.353 e. The van der Waals surface area contributed by atoms with Gasteiger partial charge in [0.2, 0.25) is 0 Å². The summed E-state index contributed by atoms with van der Waals surface area (Å²) in [7, 11) is 0. The van der Waals surface area contributed by atoms with E-state index in [1.54, 1.807) is 11.1 Å². The monoisotopic (exact) mass is 390 g/mol. The van der Waals surface area contributed by atoms with E-state index in [4.69, 9.17) is 9.47 Å². The van der Waals surface area contributed by atoms with Crippen LogP contribution in [-0.2, 0) is 22.3 Å². The molecule has 0 amide bonds. The standard InChI is InChI=1S/C27H34O2/c1(2-8-19-28-27-16-7-9-20-29-27)4-13-23-14-10-15-25-21-24(17-18-26(23)25)22-11-5-3-6-12-22/h3,5-6,10-12,14-15,21,27H,1-2,4,7-9,13,16-20H2. The van der Waals surface area contributed by atoms with Crippen molar-refractivity contribution in [1.82, 2.24) is 0 Å². The van der Waals surface area contributed by atoms with Gasteiger partial charge in [-0.25, -0.2) is 0 Å². The van der Waals surface area contributed by atoms with Crippen LogP contribution in [0.3, 0.4) is 0 Å². The van der Waals surface area contributed by atoms with Gasteiger partial charge in [-0.1, -0.05) is 67.4 Å². The van der Waals surface area contributed by atoms with E-state index in [1.807, 2.05) is 0 Å². The Labute approximate surface area is 175 Å². The first-order valence-corrected chi connectivity index (χ1v) is 11.5. The van der Waals surface area contributed by atoms with Gasteiger partial charge in [0.15, 0.2) is 6.29 Å². The van der Waals surface area contributed by atoms with Crippen molar-refractivity contribution in [2.45, 2.75) is 70.5 Å². The normalized spacial score (nSPS) is 18.9. The van der Waals surface area contributed by atoms with Crippen molar-refractivity contribution < 1.29 is 9.47 Å². The molecule has 1 saturated heterocycles. The molecule has 1 atom stereocenters. The topological polar surface area (TPSA) is 18.5 Å². The first-order chi connectivity index (χ1) is 14.4. The minimum absolute atomic E-state index is 0.0634. The first-order valence-electron chi connectivity index (χ1n) is 11.5. The van der Waals surface area contributed by atoms with Gasteiger partial charge in [0.25, 0.3) is 0 Å². The molecule has 154 valence electrons. The lowest BCUT2D eigenvalue weighted by atomic mass is 9.85. The quantitative estimate of drug-likeness (QED) is 0.437. The lowest BCUT2D eigenvalue weighted by Gasteiger charge is -2.22. The highest BCUT2D eigenvalue weighted by atomic mass is 16.7. The molecule has 0 N–H and O–H groups in total. The van der Waals surface area contributed by atoms with Crippen LogP contribution in [-0.4, -0.2) is 19.5 Å². The number of benzene rings is 2. The molecule has 0 aromatic heterocycles. The predicted molar refractivity (Wildman–Crippen MR) is 121 cm³/mol. The van der Waals surface area contributed by atoms with Gasteiger partial charge in [0, 0.05) is 13.2 Å². The number of ether oxygens (including phenoxy) is 2. The molecule has 0 spiro atoms. The van der Waals surface area contributed by atoms with Crippen molar-refractivity contribution in [3.8, 4) is 0 Å². The van der Waals surface area contributed by atoms with Gasteiger partial charge in [0.05, 0.1) is 0 Å². The molecule has 2 nitrogen and oxygen atoms in total. The van der Waals surface area contributed by atoms with E-state index in [2.05, 4.69) is 54.6 Å². The summed E-state index contributed by atoms with van der Waals surface area (Å²) in [5.41, 5.74) is 7.39. The molecule has 2 heteroatoms. The third kappa shape index (κ3) is 5.81. The third-order valence-corrected chi connectivity index (χ3v) is 6.21. The number of hydrogen-bond donors (Lipinski definition) is 0. The molecule has 0 bridgehead atoms. The zero-order chi connectivity index (χ0) is 19.7. The van der Waals surface area contributed by atoms with Crippen molar-refractivity contribution >= 4 is 11.6 Å². The van der Waals surface area contributed by atoms with Crippen LogP contribution in [0, 0.1) is 0 Å². The van der Waals surface area contributed by atoms with Crippen LogP contribution in [0.5, 0.6) is 0 Å². The Kier molecular flexibility index (Phi) is 7.56. The second kappa shape index (κ2) is 10.8. The third-order valence-electron chi connectivity index (χ3n) is 6.21. The minimum Gasteiger partial charge on any atom is -0.353 e. The summed E-state index contributed by atoms with van der Waals surface area (Å²) in [4.78, 5) is 0. The molecule has 1 fully saturated rings. The Bertz CT molecular complexity index is 787. The van der Waals surface area contributed by atoms with E-state index in [0.717, 1.165) is 32.5 Å². The number of aryl methyl sites for hydroxylation is 1. The highest BCUT2D eigenvalue weighted by molar-refractivity contribution is 5.84. The number of rotatable bonds is 9. The van der Waals surface area contributed by atoms with Gasteiger partial charge in [-0.2, -0.15) is 0 Å². The molecule has 2 aromatic rings. The molecular formula is C27H34O2. The van der Waals surface area contributed by atoms with E-state index in [9.17, 15) is 0 Å². The summed E-state index contributed by atoms with van der Waals surface area (Å²) >= 11 is 0. The highest BCUT2D eigenvalue weighted by Crippen LogP contribution is 2.32. The van der Waals surface area contributed by atoms with Crippen LogP contribution in [0.25, 0.3) is 11.6 Å². The Morgan fingerprint density at radius 3 is 2.62 bits per heavy atom. The predicted octanol–water partition coefficient (Wildman–Crippen LogP) is 6.82. The number of fused-ring (bicyclic) bond motifs is 1. The molecule has 1 unspecified atom stereocenters. The van der Waals surface area contributed by atoms with Gasteiger partial charge in [-0.3, -0.25) is 0 Å². The van der Waals surface area contributed by atoms with Gasteiger partial charge < -0.3 is 9.47 Å². The Morgan fingerprint density at radius 2 is 1.76 bits per heavy atom. The van der Waals surface area contributed by atoms with Crippen molar-refractivity contribution in [1.29, 1.82) is 0 Å². The highest BCUT2D eigenvalue weighted by Gasteiger charge is 2.15. The van der Waals surface area contributed by atoms with Crippen LogP contribution in [0.15, 0.2) is 48.5 Å². The van der Waals surface area contributed by atoms with E-state index in [1.165, 1.54) is 61.6 Å². The van der Waals surface area contributed by atoms with Crippen LogP contribution in [0.2, 0.25) is 0 Å². The average Bonchev–Trinajstić information content (AvgIpc) is 2.79. The van der Waals surface area contributed by atoms with Crippen LogP contribution >= 0.6 is 0 Å².